The first-order valence-corrected chi connectivity index (χ1v) is 9.36. The molecule has 0 radical (unpaired) electrons. The molecule has 0 amide bonds. The van der Waals surface area contributed by atoms with Crippen molar-refractivity contribution in [1.29, 1.82) is 0 Å². The van der Waals surface area contributed by atoms with Crippen LogP contribution in [0.5, 0.6) is 5.75 Å². The van der Waals surface area contributed by atoms with E-state index in [0.717, 1.165) is 38.2 Å². The average molecular weight is 387 g/mol. The third kappa shape index (κ3) is 4.54. The molecule has 4 rings (SSSR count). The van der Waals surface area contributed by atoms with Gasteiger partial charge in [0.25, 0.3) is 0 Å². The topological polar surface area (TPSA) is 56.9 Å². The molecule has 0 fully saturated rings. The average Bonchev–Trinajstić information content (AvgIpc) is 3.29. The minimum Gasteiger partial charge on any atom is -0.491 e. The molecule has 2 aromatic heterocycles. The molecule has 0 aliphatic carbocycles. The normalized spacial score (nSPS) is 15.0. The van der Waals surface area contributed by atoms with Crippen LogP contribution in [0.1, 0.15) is 31.4 Å². The van der Waals surface area contributed by atoms with Crippen LogP contribution >= 0.6 is 12.4 Å². The number of aromatic amines is 2. The molecule has 0 spiro atoms. The van der Waals surface area contributed by atoms with Crippen LogP contribution in [-0.2, 0) is 6.42 Å². The smallest absolute Gasteiger partial charge is 0.120 e. The van der Waals surface area contributed by atoms with Crippen LogP contribution in [0.4, 0.5) is 0 Å². The second-order valence-corrected chi connectivity index (χ2v) is 7.21. The molecular weight excluding hydrogens is 360 g/mol. The van der Waals surface area contributed by atoms with Gasteiger partial charge in [0, 0.05) is 48.5 Å². The number of fused-ring (bicyclic) bond motifs is 1. The van der Waals surface area contributed by atoms with Crippen molar-refractivity contribution in [3.8, 4) is 5.75 Å². The number of ether oxygens (including phenoxy) is 1. The third-order valence-electron chi connectivity index (χ3n) is 4.94. The number of nitrogens with zero attached hydrogens (tertiary/aromatic N) is 2. The van der Waals surface area contributed by atoms with Gasteiger partial charge in [0.1, 0.15) is 5.75 Å². The van der Waals surface area contributed by atoms with Crippen molar-refractivity contribution in [1.82, 2.24) is 20.1 Å². The fourth-order valence-corrected chi connectivity index (χ4v) is 3.57. The number of nitrogens with one attached hydrogen (secondary N) is 2. The summed E-state index contributed by atoms with van der Waals surface area (Å²) in [5.74, 6) is 0.937. The highest BCUT2D eigenvalue weighted by molar-refractivity contribution is 5.93. The number of rotatable bonds is 6. The Bertz CT molecular complexity index is 898. The molecule has 1 aliphatic rings. The minimum absolute atomic E-state index is 0. The number of hydrogen-bond acceptors (Lipinski definition) is 3. The Morgan fingerprint density at radius 3 is 2.85 bits per heavy atom. The monoisotopic (exact) mass is 386 g/mol. The summed E-state index contributed by atoms with van der Waals surface area (Å²) >= 11 is 0. The van der Waals surface area contributed by atoms with Crippen molar-refractivity contribution >= 4 is 28.9 Å². The molecule has 5 nitrogen and oxygen atoms in total. The number of halogens is 1. The van der Waals surface area contributed by atoms with Crippen LogP contribution in [0.3, 0.4) is 0 Å². The van der Waals surface area contributed by atoms with Gasteiger partial charge in [-0.05, 0) is 56.0 Å². The summed E-state index contributed by atoms with van der Waals surface area (Å²) in [5, 5.41) is 8.15. The summed E-state index contributed by atoms with van der Waals surface area (Å²) in [7, 11) is 0. The quantitative estimate of drug-likeness (QED) is 0.658. The van der Waals surface area contributed by atoms with E-state index in [1.54, 1.807) is 0 Å². The maximum absolute atomic E-state index is 5.87. The molecule has 0 saturated heterocycles. The lowest BCUT2D eigenvalue weighted by atomic mass is 9.98. The van der Waals surface area contributed by atoms with Gasteiger partial charge in [-0.3, -0.25) is 10.00 Å². The maximum atomic E-state index is 5.87. The van der Waals surface area contributed by atoms with Gasteiger partial charge in [-0.15, -0.1) is 12.4 Å². The number of aromatic nitrogens is 3. The van der Waals surface area contributed by atoms with Crippen molar-refractivity contribution in [2.45, 2.75) is 32.8 Å². The second-order valence-electron chi connectivity index (χ2n) is 7.21. The fraction of sp³-hybridized carbons (Fsp3) is 0.381. The third-order valence-corrected chi connectivity index (χ3v) is 4.94. The highest BCUT2D eigenvalue weighted by atomic mass is 35.5. The SMILES string of the molecule is CC(C)Oc1ccc2[nH]cc(C3=CCN(CCc4cn[nH]c4)CC3)c2c1.Cl. The summed E-state index contributed by atoms with van der Waals surface area (Å²) < 4.78 is 5.87. The predicted molar refractivity (Wildman–Crippen MR) is 113 cm³/mol. The van der Waals surface area contributed by atoms with Crippen molar-refractivity contribution in [3.63, 3.8) is 0 Å². The van der Waals surface area contributed by atoms with E-state index in [-0.39, 0.29) is 18.5 Å². The molecular formula is C21H27ClN4O. The van der Waals surface area contributed by atoms with Gasteiger partial charge < -0.3 is 9.72 Å². The Morgan fingerprint density at radius 2 is 2.15 bits per heavy atom. The van der Waals surface area contributed by atoms with E-state index in [0.29, 0.717) is 0 Å². The van der Waals surface area contributed by atoms with Crippen molar-refractivity contribution in [2.24, 2.45) is 0 Å². The first kappa shape index (κ1) is 19.5. The van der Waals surface area contributed by atoms with Gasteiger partial charge in [0.15, 0.2) is 0 Å². The molecule has 3 aromatic rings. The van der Waals surface area contributed by atoms with Crippen molar-refractivity contribution < 1.29 is 4.74 Å². The molecule has 144 valence electrons. The molecule has 0 bridgehead atoms. The van der Waals surface area contributed by atoms with Crippen molar-refractivity contribution in [3.05, 3.63) is 54.0 Å². The summed E-state index contributed by atoms with van der Waals surface area (Å²) in [6.07, 6.45) is 10.7. The van der Waals surface area contributed by atoms with E-state index in [9.17, 15) is 0 Å². The largest absolute Gasteiger partial charge is 0.491 e. The number of H-pyrrole nitrogens is 2. The zero-order chi connectivity index (χ0) is 17.9. The van der Waals surface area contributed by atoms with Gasteiger partial charge >= 0.3 is 0 Å². The van der Waals surface area contributed by atoms with E-state index in [1.165, 1.54) is 27.6 Å². The fourth-order valence-electron chi connectivity index (χ4n) is 3.57. The van der Waals surface area contributed by atoms with E-state index in [2.05, 4.69) is 58.3 Å². The molecule has 0 atom stereocenters. The molecule has 1 aromatic carbocycles. The summed E-state index contributed by atoms with van der Waals surface area (Å²) in [5.41, 5.74) is 5.18. The Kier molecular flexibility index (Phi) is 6.24. The summed E-state index contributed by atoms with van der Waals surface area (Å²) in [6, 6.07) is 6.31. The van der Waals surface area contributed by atoms with Gasteiger partial charge in [-0.2, -0.15) is 5.10 Å². The standard InChI is InChI=1S/C21H26N4O.ClH/c1-15(2)26-18-3-4-21-19(11-18)20(14-22-21)17-6-9-25(10-7-17)8-5-16-12-23-24-13-16;/h3-4,6,11-15,22H,5,7-10H2,1-2H3,(H,23,24);1H. The van der Waals surface area contributed by atoms with Crippen LogP contribution in [0, 0.1) is 0 Å². The first-order valence-electron chi connectivity index (χ1n) is 9.36. The first-order chi connectivity index (χ1) is 12.7. The lowest BCUT2D eigenvalue weighted by molar-refractivity contribution is 0.243. The highest BCUT2D eigenvalue weighted by Gasteiger charge is 2.16. The summed E-state index contributed by atoms with van der Waals surface area (Å²) in [4.78, 5) is 5.90. The van der Waals surface area contributed by atoms with Crippen LogP contribution in [0.15, 0.2) is 42.9 Å². The zero-order valence-electron chi connectivity index (χ0n) is 15.9. The van der Waals surface area contributed by atoms with E-state index < -0.39 is 0 Å². The molecule has 0 saturated carbocycles. The van der Waals surface area contributed by atoms with Gasteiger partial charge in [-0.1, -0.05) is 6.08 Å². The van der Waals surface area contributed by atoms with Crippen LogP contribution < -0.4 is 4.74 Å². The van der Waals surface area contributed by atoms with Crippen LogP contribution in [-0.4, -0.2) is 45.8 Å². The number of hydrogen-bond donors (Lipinski definition) is 2. The Balaban J connectivity index is 0.00000210. The number of benzene rings is 1. The van der Waals surface area contributed by atoms with Gasteiger partial charge in [-0.25, -0.2) is 0 Å². The molecule has 0 unspecified atom stereocenters. The Hall–Kier alpha value is -2.24. The van der Waals surface area contributed by atoms with Gasteiger partial charge in [0.2, 0.25) is 0 Å². The van der Waals surface area contributed by atoms with Crippen molar-refractivity contribution in [2.75, 3.05) is 19.6 Å². The highest BCUT2D eigenvalue weighted by Crippen LogP contribution is 2.31. The molecule has 6 heteroatoms. The molecule has 1 aliphatic heterocycles. The maximum Gasteiger partial charge on any atom is 0.120 e. The molecule has 2 N–H and O–H groups in total. The van der Waals surface area contributed by atoms with E-state index in [1.807, 2.05) is 18.5 Å². The molecule has 27 heavy (non-hydrogen) atoms. The Morgan fingerprint density at radius 1 is 1.26 bits per heavy atom. The predicted octanol–water partition coefficient (Wildman–Crippen LogP) is 4.43. The van der Waals surface area contributed by atoms with Gasteiger partial charge in [0.05, 0.1) is 12.3 Å². The summed E-state index contributed by atoms with van der Waals surface area (Å²) in [6.45, 7) is 7.29. The Labute approximate surface area is 166 Å². The molecule has 3 heterocycles. The lowest BCUT2D eigenvalue weighted by Gasteiger charge is -2.26. The van der Waals surface area contributed by atoms with Crippen LogP contribution in [0.25, 0.3) is 16.5 Å². The minimum atomic E-state index is 0. The van der Waals surface area contributed by atoms with Crippen LogP contribution in [0.2, 0.25) is 0 Å². The zero-order valence-corrected chi connectivity index (χ0v) is 16.7. The second kappa shape index (κ2) is 8.63. The van der Waals surface area contributed by atoms with E-state index in [4.69, 9.17) is 4.74 Å². The van der Waals surface area contributed by atoms with E-state index >= 15 is 0 Å². The lowest BCUT2D eigenvalue weighted by Crippen LogP contribution is -2.30.